The first-order valence-electron chi connectivity index (χ1n) is 5.25. The largest absolute Gasteiger partial charge is 0.444 e. The van der Waals surface area contributed by atoms with Gasteiger partial charge >= 0.3 is 6.09 Å². The minimum absolute atomic E-state index is 0.218. The average Bonchev–Trinajstić information content (AvgIpc) is 2.44. The van der Waals surface area contributed by atoms with Crippen LogP contribution in [0.4, 0.5) is 4.79 Å². The zero-order chi connectivity index (χ0) is 12.5. The van der Waals surface area contributed by atoms with E-state index in [9.17, 15) is 9.59 Å². The molecule has 0 radical (unpaired) electrons. The molecule has 92 valence electrons. The average molecular weight is 229 g/mol. The first-order valence-corrected chi connectivity index (χ1v) is 5.25. The zero-order valence-electron chi connectivity index (χ0n) is 9.90. The van der Waals surface area contributed by atoms with Crippen LogP contribution in [-0.4, -0.2) is 41.1 Å². The number of ether oxygens (including phenoxy) is 1. The minimum Gasteiger partial charge on any atom is -0.444 e. The highest BCUT2D eigenvalue weighted by Crippen LogP contribution is 2.19. The Morgan fingerprint density at radius 2 is 1.94 bits per heavy atom. The molecule has 0 unspecified atom stereocenters. The number of rotatable bonds is 1. The lowest BCUT2D eigenvalue weighted by atomic mass is 10.2. The van der Waals surface area contributed by atoms with Crippen LogP contribution in [0.15, 0.2) is 0 Å². The molecule has 2 amide bonds. The first-order chi connectivity index (χ1) is 7.20. The number of primary amides is 1. The molecule has 1 rings (SSSR count). The quantitative estimate of drug-likeness (QED) is 0.651. The maximum atomic E-state index is 11.8. The molecule has 1 aliphatic rings. The van der Waals surface area contributed by atoms with E-state index in [1.165, 1.54) is 4.90 Å². The molecule has 0 saturated carbocycles. The lowest BCUT2D eigenvalue weighted by molar-refractivity contribution is -0.122. The maximum Gasteiger partial charge on any atom is 0.411 e. The van der Waals surface area contributed by atoms with Crippen LogP contribution in [-0.2, 0) is 9.53 Å². The summed E-state index contributed by atoms with van der Waals surface area (Å²) in [7, 11) is 0. The Bertz CT molecular complexity index is 298. The van der Waals surface area contributed by atoms with Crippen molar-refractivity contribution in [3.05, 3.63) is 0 Å². The van der Waals surface area contributed by atoms with Gasteiger partial charge in [0.2, 0.25) is 5.91 Å². The fraction of sp³-hybridized carbons (Fsp3) is 0.800. The van der Waals surface area contributed by atoms with E-state index in [0.717, 1.165) is 0 Å². The van der Waals surface area contributed by atoms with Crippen molar-refractivity contribution < 1.29 is 14.3 Å². The van der Waals surface area contributed by atoms with Crippen LogP contribution >= 0.6 is 0 Å². The second-order valence-corrected chi connectivity index (χ2v) is 5.05. The van der Waals surface area contributed by atoms with Crippen molar-refractivity contribution >= 4 is 12.0 Å². The molecule has 2 atom stereocenters. The number of hydrogen-bond acceptors (Lipinski definition) is 4. The highest BCUT2D eigenvalue weighted by Gasteiger charge is 2.39. The SMILES string of the molecule is CC(C)(C)OC(=O)N1C[C@@H](N)C[C@H]1C(N)=O. The van der Waals surface area contributed by atoms with Crippen molar-refractivity contribution in [2.24, 2.45) is 11.5 Å². The summed E-state index contributed by atoms with van der Waals surface area (Å²) in [6.45, 7) is 5.60. The van der Waals surface area contributed by atoms with Crippen LogP contribution in [0, 0.1) is 0 Å². The Morgan fingerprint density at radius 3 is 2.38 bits per heavy atom. The van der Waals surface area contributed by atoms with Crippen LogP contribution in [0.1, 0.15) is 27.2 Å². The highest BCUT2D eigenvalue weighted by atomic mass is 16.6. The molecule has 0 aliphatic carbocycles. The topological polar surface area (TPSA) is 98.7 Å². The minimum atomic E-state index is -0.648. The zero-order valence-corrected chi connectivity index (χ0v) is 9.90. The Kier molecular flexibility index (Phi) is 3.42. The van der Waals surface area contributed by atoms with Gasteiger partial charge < -0.3 is 16.2 Å². The molecule has 0 bridgehead atoms. The number of hydrogen-bond donors (Lipinski definition) is 2. The fourth-order valence-corrected chi connectivity index (χ4v) is 1.66. The van der Waals surface area contributed by atoms with Crippen molar-refractivity contribution in [1.82, 2.24) is 4.90 Å². The molecule has 6 nitrogen and oxygen atoms in total. The summed E-state index contributed by atoms with van der Waals surface area (Å²) in [5.41, 5.74) is 10.3. The fourth-order valence-electron chi connectivity index (χ4n) is 1.66. The molecular weight excluding hydrogens is 210 g/mol. The van der Waals surface area contributed by atoms with E-state index in [0.29, 0.717) is 13.0 Å². The third-order valence-electron chi connectivity index (χ3n) is 2.29. The van der Waals surface area contributed by atoms with Crippen LogP contribution in [0.5, 0.6) is 0 Å². The van der Waals surface area contributed by atoms with Crippen molar-refractivity contribution in [2.75, 3.05) is 6.54 Å². The molecule has 16 heavy (non-hydrogen) atoms. The molecular formula is C10H19N3O3. The predicted octanol–water partition coefficient (Wildman–Crippen LogP) is -0.192. The normalized spacial score (nSPS) is 25.6. The van der Waals surface area contributed by atoms with Gasteiger partial charge in [0, 0.05) is 12.6 Å². The maximum absolute atomic E-state index is 11.8. The second kappa shape index (κ2) is 4.29. The summed E-state index contributed by atoms with van der Waals surface area (Å²) in [6, 6.07) is -0.866. The number of likely N-dealkylation sites (tertiary alicyclic amines) is 1. The molecule has 1 saturated heterocycles. The van der Waals surface area contributed by atoms with Crippen molar-refractivity contribution in [3.63, 3.8) is 0 Å². The lowest BCUT2D eigenvalue weighted by Crippen LogP contribution is -2.45. The van der Waals surface area contributed by atoms with Crippen molar-refractivity contribution in [2.45, 2.75) is 44.9 Å². The van der Waals surface area contributed by atoms with Gasteiger partial charge in [-0.25, -0.2) is 4.79 Å². The van der Waals surface area contributed by atoms with Gasteiger partial charge in [0.05, 0.1) is 0 Å². The second-order valence-electron chi connectivity index (χ2n) is 5.05. The number of amides is 2. The summed E-state index contributed by atoms with van der Waals surface area (Å²) < 4.78 is 5.17. The van der Waals surface area contributed by atoms with Crippen molar-refractivity contribution in [3.8, 4) is 0 Å². The summed E-state index contributed by atoms with van der Waals surface area (Å²) in [5, 5.41) is 0. The summed E-state index contributed by atoms with van der Waals surface area (Å²) in [4.78, 5) is 24.2. The highest BCUT2D eigenvalue weighted by molar-refractivity contribution is 5.85. The lowest BCUT2D eigenvalue weighted by Gasteiger charge is -2.27. The Balaban J connectivity index is 2.71. The van der Waals surface area contributed by atoms with Gasteiger partial charge in [0.15, 0.2) is 0 Å². The molecule has 1 fully saturated rings. The third-order valence-corrected chi connectivity index (χ3v) is 2.29. The van der Waals surface area contributed by atoms with E-state index in [1.54, 1.807) is 20.8 Å². The van der Waals surface area contributed by atoms with Crippen molar-refractivity contribution in [1.29, 1.82) is 0 Å². The molecule has 4 N–H and O–H groups in total. The first kappa shape index (κ1) is 12.8. The smallest absolute Gasteiger partial charge is 0.411 e. The third kappa shape index (κ3) is 3.10. The van der Waals surface area contributed by atoms with Gasteiger partial charge in [-0.3, -0.25) is 9.69 Å². The summed E-state index contributed by atoms with van der Waals surface area (Å²) in [6.07, 6.45) is -0.140. The van der Waals surface area contributed by atoms with E-state index < -0.39 is 23.6 Å². The molecule has 0 spiro atoms. The van der Waals surface area contributed by atoms with E-state index in [2.05, 4.69) is 0 Å². The van der Waals surface area contributed by atoms with Gasteiger partial charge in [-0.1, -0.05) is 0 Å². The Morgan fingerprint density at radius 1 is 1.38 bits per heavy atom. The molecule has 0 aromatic heterocycles. The van der Waals surface area contributed by atoms with E-state index in [4.69, 9.17) is 16.2 Å². The Labute approximate surface area is 94.9 Å². The number of carbonyl (C=O) groups excluding carboxylic acids is 2. The molecule has 1 aliphatic heterocycles. The predicted molar refractivity (Wildman–Crippen MR) is 58.5 cm³/mol. The van der Waals surface area contributed by atoms with E-state index in [1.807, 2.05) is 0 Å². The van der Waals surface area contributed by atoms with Gasteiger partial charge in [0.25, 0.3) is 0 Å². The Hall–Kier alpha value is -1.30. The van der Waals surface area contributed by atoms with E-state index in [-0.39, 0.29) is 6.04 Å². The van der Waals surface area contributed by atoms with Gasteiger partial charge in [0.1, 0.15) is 11.6 Å². The molecule has 6 heteroatoms. The standard InChI is InChI=1S/C10H19N3O3/c1-10(2,3)16-9(15)13-5-6(11)4-7(13)8(12)14/h6-7H,4-5,11H2,1-3H3,(H2,12,14)/t6-,7-/m0/s1. The van der Waals surface area contributed by atoms with Gasteiger partial charge in [-0.05, 0) is 27.2 Å². The monoisotopic (exact) mass is 229 g/mol. The van der Waals surface area contributed by atoms with Crippen LogP contribution in [0.25, 0.3) is 0 Å². The van der Waals surface area contributed by atoms with Crippen LogP contribution in [0.3, 0.4) is 0 Å². The van der Waals surface area contributed by atoms with Crippen LogP contribution < -0.4 is 11.5 Å². The summed E-state index contributed by atoms with van der Waals surface area (Å²) in [5.74, 6) is -0.543. The molecule has 0 aromatic carbocycles. The van der Waals surface area contributed by atoms with Gasteiger partial charge in [-0.15, -0.1) is 0 Å². The van der Waals surface area contributed by atoms with Gasteiger partial charge in [-0.2, -0.15) is 0 Å². The van der Waals surface area contributed by atoms with E-state index >= 15 is 0 Å². The molecule has 0 aromatic rings. The summed E-state index contributed by atoms with van der Waals surface area (Å²) >= 11 is 0. The molecule has 1 heterocycles. The number of nitrogens with zero attached hydrogens (tertiary/aromatic N) is 1. The number of nitrogens with two attached hydrogens (primary N) is 2. The van der Waals surface area contributed by atoms with Crippen LogP contribution in [0.2, 0.25) is 0 Å². The number of carbonyl (C=O) groups is 2.